The molecule has 0 bridgehead atoms. The Labute approximate surface area is 167 Å². The van der Waals surface area contributed by atoms with Crippen molar-refractivity contribution >= 4 is 22.0 Å². The second-order valence-electron chi connectivity index (χ2n) is 6.66. The molecule has 3 N–H and O–H groups in total. The molecule has 29 heavy (non-hydrogen) atoms. The molecule has 0 spiro atoms. The summed E-state index contributed by atoms with van der Waals surface area (Å²) >= 11 is 0. The molecule has 1 aliphatic heterocycles. The topological polar surface area (TPSA) is 137 Å². The van der Waals surface area contributed by atoms with E-state index in [2.05, 4.69) is 15.4 Å². The van der Waals surface area contributed by atoms with E-state index in [0.29, 0.717) is 17.1 Å². The van der Waals surface area contributed by atoms with E-state index in [9.17, 15) is 18.0 Å². The van der Waals surface area contributed by atoms with E-state index in [1.165, 1.54) is 38.1 Å². The Balaban J connectivity index is 1.71. The number of nitrogens with one attached hydrogen (secondary N) is 3. The van der Waals surface area contributed by atoms with Gasteiger partial charge in [-0.05, 0) is 62.4 Å². The Bertz CT molecular complexity index is 1090. The van der Waals surface area contributed by atoms with Crippen LogP contribution < -0.4 is 20.1 Å². The largest absolute Gasteiger partial charge is 0.457 e. The molecule has 0 aliphatic carbocycles. The second-order valence-corrected chi connectivity index (χ2v) is 8.38. The Kier molecular flexibility index (Phi) is 5.28. The molecule has 0 saturated carbocycles. The number of imide groups is 1. The first-order chi connectivity index (χ1) is 13.6. The summed E-state index contributed by atoms with van der Waals surface area (Å²) in [5.41, 5.74) is -0.900. The maximum atomic E-state index is 12.6. The van der Waals surface area contributed by atoms with Gasteiger partial charge in [0.25, 0.3) is 5.91 Å². The average molecular weight is 414 g/mol. The fourth-order valence-corrected chi connectivity index (χ4v) is 4.03. The zero-order valence-electron chi connectivity index (χ0n) is 15.6. The van der Waals surface area contributed by atoms with E-state index < -0.39 is 33.5 Å². The molecule has 1 heterocycles. The first kappa shape index (κ1) is 20.3. The maximum Gasteiger partial charge on any atom is 0.322 e. The van der Waals surface area contributed by atoms with Gasteiger partial charge in [-0.3, -0.25) is 10.1 Å². The summed E-state index contributed by atoms with van der Waals surface area (Å²) in [5.74, 6) is 0.308. The predicted molar refractivity (Wildman–Crippen MR) is 103 cm³/mol. The van der Waals surface area contributed by atoms with E-state index in [-0.39, 0.29) is 4.90 Å². The second kappa shape index (κ2) is 7.54. The number of benzene rings is 2. The summed E-state index contributed by atoms with van der Waals surface area (Å²) in [7, 11) is -3.95. The molecule has 3 rings (SSSR count). The monoisotopic (exact) mass is 414 g/mol. The minimum absolute atomic E-state index is 0.0233. The van der Waals surface area contributed by atoms with Crippen molar-refractivity contribution in [2.24, 2.45) is 0 Å². The summed E-state index contributed by atoms with van der Waals surface area (Å²) in [4.78, 5) is 23.3. The molecule has 2 atom stereocenters. The van der Waals surface area contributed by atoms with Crippen LogP contribution in [-0.2, 0) is 14.8 Å². The van der Waals surface area contributed by atoms with E-state index in [4.69, 9.17) is 10.00 Å². The zero-order valence-corrected chi connectivity index (χ0v) is 16.4. The molecule has 0 radical (unpaired) electrons. The molecule has 150 valence electrons. The van der Waals surface area contributed by atoms with Gasteiger partial charge in [-0.2, -0.15) is 5.26 Å². The number of ether oxygens (including phenoxy) is 1. The van der Waals surface area contributed by atoms with Gasteiger partial charge < -0.3 is 10.1 Å². The van der Waals surface area contributed by atoms with Crippen LogP contribution in [0.5, 0.6) is 11.5 Å². The van der Waals surface area contributed by atoms with Crippen LogP contribution in [0.1, 0.15) is 19.4 Å². The number of hydrogen-bond acceptors (Lipinski definition) is 6. The van der Waals surface area contributed by atoms with Gasteiger partial charge in [0.1, 0.15) is 17.0 Å². The SMILES string of the molecule is C[C@@H](NS(=O)(=O)c1ccc(Oc2ccc(C#N)cc2)cc1)[C@@]1(C)NC(=O)NC1=O. The molecule has 1 aliphatic rings. The molecule has 0 aromatic heterocycles. The fraction of sp³-hybridized carbons (Fsp3) is 0.211. The summed E-state index contributed by atoms with van der Waals surface area (Å²) in [6.07, 6.45) is 0. The lowest BCUT2D eigenvalue weighted by Gasteiger charge is -2.28. The third-order valence-electron chi connectivity index (χ3n) is 4.62. The third-order valence-corrected chi connectivity index (χ3v) is 6.18. The molecule has 1 saturated heterocycles. The van der Waals surface area contributed by atoms with Gasteiger partial charge >= 0.3 is 6.03 Å². The molecule has 2 aromatic rings. The van der Waals surface area contributed by atoms with E-state index >= 15 is 0 Å². The quantitative estimate of drug-likeness (QED) is 0.614. The summed E-state index contributed by atoms with van der Waals surface area (Å²) < 4.78 is 33.3. The summed E-state index contributed by atoms with van der Waals surface area (Å²) in [6, 6.07) is 12.6. The summed E-state index contributed by atoms with van der Waals surface area (Å²) in [6.45, 7) is 2.93. The number of sulfonamides is 1. The molecule has 0 unspecified atom stereocenters. The Morgan fingerprint density at radius 3 is 2.10 bits per heavy atom. The van der Waals surface area contributed by atoms with Crippen molar-refractivity contribution in [3.05, 3.63) is 54.1 Å². The Morgan fingerprint density at radius 1 is 1.07 bits per heavy atom. The molecule has 10 heteroatoms. The first-order valence-electron chi connectivity index (χ1n) is 8.58. The van der Waals surface area contributed by atoms with E-state index in [1.807, 2.05) is 6.07 Å². The van der Waals surface area contributed by atoms with Crippen molar-refractivity contribution in [2.45, 2.75) is 30.3 Å². The van der Waals surface area contributed by atoms with E-state index in [0.717, 1.165) is 0 Å². The maximum absolute atomic E-state index is 12.6. The van der Waals surface area contributed by atoms with Gasteiger partial charge in [0.2, 0.25) is 10.0 Å². The number of nitriles is 1. The molecule has 2 aromatic carbocycles. The van der Waals surface area contributed by atoms with Gasteiger partial charge in [0, 0.05) is 0 Å². The number of nitrogens with zero attached hydrogens (tertiary/aromatic N) is 1. The van der Waals surface area contributed by atoms with Gasteiger partial charge in [-0.1, -0.05) is 0 Å². The van der Waals surface area contributed by atoms with Crippen molar-refractivity contribution in [3.8, 4) is 17.6 Å². The van der Waals surface area contributed by atoms with Crippen LogP contribution in [0, 0.1) is 11.3 Å². The van der Waals surface area contributed by atoms with Crippen molar-refractivity contribution in [1.29, 1.82) is 5.26 Å². The van der Waals surface area contributed by atoms with Crippen molar-refractivity contribution in [1.82, 2.24) is 15.4 Å². The Hall–Kier alpha value is -3.42. The van der Waals surface area contributed by atoms with Crippen molar-refractivity contribution in [2.75, 3.05) is 0 Å². The molecule has 1 fully saturated rings. The number of carbonyl (C=O) groups is 2. The van der Waals surface area contributed by atoms with Gasteiger partial charge in [-0.25, -0.2) is 17.9 Å². The minimum Gasteiger partial charge on any atom is -0.457 e. The lowest BCUT2D eigenvalue weighted by atomic mass is 9.95. The van der Waals surface area contributed by atoms with Gasteiger partial charge in [0.15, 0.2) is 0 Å². The number of amides is 3. The lowest BCUT2D eigenvalue weighted by Crippen LogP contribution is -2.59. The predicted octanol–water partition coefficient (Wildman–Crippen LogP) is 1.62. The number of rotatable bonds is 6. The fourth-order valence-electron chi connectivity index (χ4n) is 2.70. The number of hydrogen-bond donors (Lipinski definition) is 3. The molecule has 9 nitrogen and oxygen atoms in total. The van der Waals surface area contributed by atoms with Crippen LogP contribution in [-0.4, -0.2) is 31.9 Å². The molecular formula is C19H18N4O5S. The zero-order chi connectivity index (χ0) is 21.2. The van der Waals surface area contributed by atoms with Gasteiger partial charge in [-0.15, -0.1) is 0 Å². The van der Waals surface area contributed by atoms with Gasteiger partial charge in [0.05, 0.1) is 22.6 Å². The smallest absolute Gasteiger partial charge is 0.322 e. The highest BCUT2D eigenvalue weighted by molar-refractivity contribution is 7.89. The number of carbonyl (C=O) groups excluding carboxylic acids is 2. The molecular weight excluding hydrogens is 396 g/mol. The van der Waals surface area contributed by atoms with Crippen molar-refractivity contribution in [3.63, 3.8) is 0 Å². The normalized spacial score (nSPS) is 19.8. The van der Waals surface area contributed by atoms with Crippen LogP contribution in [0.3, 0.4) is 0 Å². The van der Waals surface area contributed by atoms with Crippen LogP contribution in [0.15, 0.2) is 53.4 Å². The average Bonchev–Trinajstić information content (AvgIpc) is 2.95. The van der Waals surface area contributed by atoms with E-state index in [1.54, 1.807) is 24.3 Å². The minimum atomic E-state index is -3.95. The highest BCUT2D eigenvalue weighted by Crippen LogP contribution is 2.24. The number of urea groups is 1. The van der Waals surface area contributed by atoms with Crippen LogP contribution in [0.2, 0.25) is 0 Å². The third kappa shape index (κ3) is 4.21. The van der Waals surface area contributed by atoms with Crippen LogP contribution >= 0.6 is 0 Å². The summed E-state index contributed by atoms with van der Waals surface area (Å²) in [5, 5.41) is 13.3. The van der Waals surface area contributed by atoms with Crippen molar-refractivity contribution < 1.29 is 22.7 Å². The Morgan fingerprint density at radius 2 is 1.62 bits per heavy atom. The lowest BCUT2D eigenvalue weighted by molar-refractivity contribution is -0.124. The molecule has 3 amide bonds. The van der Waals surface area contributed by atoms with Crippen LogP contribution in [0.4, 0.5) is 4.79 Å². The highest BCUT2D eigenvalue weighted by Gasteiger charge is 2.47. The first-order valence-corrected chi connectivity index (χ1v) is 10.1. The van der Waals surface area contributed by atoms with Crippen LogP contribution in [0.25, 0.3) is 0 Å². The highest BCUT2D eigenvalue weighted by atomic mass is 32.2. The standard InChI is InChI=1S/C19H18N4O5S/c1-12(19(2)17(24)21-18(25)22-19)23-29(26,27)16-9-7-15(8-10-16)28-14-5-3-13(11-20)4-6-14/h3-10,12,23H,1-2H3,(H2,21,22,24,25)/t12-,19-/m1/s1.